The molecule has 0 radical (unpaired) electrons. The third-order valence-corrected chi connectivity index (χ3v) is 6.87. The SMILES string of the molecule is CC(C)C[C@@H]1NC(=O)[C@@H](CC(=O)OCc2ccccc2)Cc2ccc(cc2)OCCCC[C@@H](CO)CC1=O. The second kappa shape index (κ2) is 15.3. The average molecular weight is 524 g/mol. The lowest BCUT2D eigenvalue weighted by molar-refractivity contribution is -0.148. The highest BCUT2D eigenvalue weighted by Crippen LogP contribution is 2.21. The van der Waals surface area contributed by atoms with Crippen LogP contribution in [0.4, 0.5) is 0 Å². The second-order valence-electron chi connectivity index (χ2n) is 10.6. The van der Waals surface area contributed by atoms with Gasteiger partial charge >= 0.3 is 5.97 Å². The van der Waals surface area contributed by atoms with E-state index in [1.807, 2.05) is 68.4 Å². The molecule has 2 aliphatic rings. The Morgan fingerprint density at radius 3 is 2.47 bits per heavy atom. The molecule has 206 valence electrons. The van der Waals surface area contributed by atoms with Crippen LogP contribution in [0.2, 0.25) is 0 Å². The van der Waals surface area contributed by atoms with Gasteiger partial charge in [-0.2, -0.15) is 0 Å². The van der Waals surface area contributed by atoms with E-state index < -0.39 is 17.9 Å². The molecule has 2 heterocycles. The first kappa shape index (κ1) is 29.4. The van der Waals surface area contributed by atoms with Crippen LogP contribution in [0.15, 0.2) is 54.6 Å². The van der Waals surface area contributed by atoms with Gasteiger partial charge in [-0.3, -0.25) is 14.4 Å². The van der Waals surface area contributed by atoms with Crippen molar-refractivity contribution in [3.05, 3.63) is 65.7 Å². The van der Waals surface area contributed by atoms with Crippen molar-refractivity contribution in [2.75, 3.05) is 13.2 Å². The van der Waals surface area contributed by atoms with Crippen molar-refractivity contribution < 1.29 is 29.0 Å². The Hall–Kier alpha value is -3.19. The molecule has 0 saturated heterocycles. The Balaban J connectivity index is 1.79. The van der Waals surface area contributed by atoms with Crippen LogP contribution in [0, 0.1) is 17.8 Å². The Morgan fingerprint density at radius 2 is 1.79 bits per heavy atom. The number of aliphatic hydroxyl groups excluding tert-OH is 1. The molecule has 38 heavy (non-hydrogen) atoms. The Morgan fingerprint density at radius 1 is 1.05 bits per heavy atom. The molecule has 7 nitrogen and oxygen atoms in total. The predicted octanol–water partition coefficient (Wildman–Crippen LogP) is 4.64. The highest BCUT2D eigenvalue weighted by molar-refractivity contribution is 5.91. The largest absolute Gasteiger partial charge is 0.494 e. The third kappa shape index (κ3) is 9.93. The number of Topliss-reactive ketones (excluding diaryl/α,β-unsaturated/α-hetero) is 1. The number of hydrogen-bond acceptors (Lipinski definition) is 6. The molecule has 0 saturated carbocycles. The van der Waals surface area contributed by atoms with E-state index in [-0.39, 0.29) is 49.6 Å². The molecule has 2 N–H and O–H groups in total. The van der Waals surface area contributed by atoms with Gasteiger partial charge in [-0.1, -0.05) is 56.3 Å². The van der Waals surface area contributed by atoms with E-state index in [1.165, 1.54) is 0 Å². The van der Waals surface area contributed by atoms with Gasteiger partial charge in [0, 0.05) is 13.0 Å². The second-order valence-corrected chi connectivity index (χ2v) is 10.6. The number of hydrogen-bond donors (Lipinski definition) is 2. The standard InChI is InChI=1S/C31H41NO6/c1-22(2)16-28-29(34)18-25(20-33)10-6-7-15-37-27-13-11-23(12-14-27)17-26(31(36)32-28)19-30(35)38-21-24-8-4-3-5-9-24/h3-5,8-9,11-14,22,25-26,28,33H,6-7,10,15-21H2,1-2H3,(H,32,36)/t25-,26-,28+/m1/s1. The number of benzene rings is 2. The number of nitrogens with one attached hydrogen (secondary N) is 1. The number of amides is 1. The maximum absolute atomic E-state index is 13.5. The number of ketones is 1. The number of ether oxygens (including phenoxy) is 2. The fraction of sp³-hybridized carbons (Fsp3) is 0.516. The van der Waals surface area contributed by atoms with Crippen LogP contribution < -0.4 is 10.1 Å². The van der Waals surface area contributed by atoms with Crippen LogP contribution in [-0.2, 0) is 32.1 Å². The van der Waals surface area contributed by atoms with E-state index in [0.717, 1.165) is 29.7 Å². The summed E-state index contributed by atoms with van der Waals surface area (Å²) in [5, 5.41) is 12.8. The van der Waals surface area contributed by atoms with Gasteiger partial charge in [-0.05, 0) is 67.2 Å². The summed E-state index contributed by atoms with van der Waals surface area (Å²) >= 11 is 0. The zero-order valence-electron chi connectivity index (χ0n) is 22.6. The fourth-order valence-corrected chi connectivity index (χ4v) is 4.70. The summed E-state index contributed by atoms with van der Waals surface area (Å²) in [5.74, 6) is -0.819. The van der Waals surface area contributed by atoms with Crippen molar-refractivity contribution in [3.63, 3.8) is 0 Å². The molecule has 2 aliphatic heterocycles. The summed E-state index contributed by atoms with van der Waals surface area (Å²) in [5.41, 5.74) is 1.76. The monoisotopic (exact) mass is 523 g/mol. The summed E-state index contributed by atoms with van der Waals surface area (Å²) < 4.78 is 11.3. The molecule has 0 fully saturated rings. The minimum Gasteiger partial charge on any atom is -0.494 e. The zero-order valence-corrected chi connectivity index (χ0v) is 22.6. The topological polar surface area (TPSA) is 102 Å². The maximum Gasteiger partial charge on any atom is 0.306 e. The lowest BCUT2D eigenvalue weighted by atomic mass is 9.90. The first-order valence-corrected chi connectivity index (χ1v) is 13.7. The van der Waals surface area contributed by atoms with Gasteiger partial charge in [0.25, 0.3) is 0 Å². The van der Waals surface area contributed by atoms with E-state index >= 15 is 0 Å². The lowest BCUT2D eigenvalue weighted by Crippen LogP contribution is -2.46. The normalized spacial score (nSPS) is 21.4. The van der Waals surface area contributed by atoms with Crippen LogP contribution >= 0.6 is 0 Å². The van der Waals surface area contributed by atoms with Crippen LogP contribution in [-0.4, -0.2) is 42.0 Å². The van der Waals surface area contributed by atoms with E-state index in [9.17, 15) is 19.5 Å². The molecule has 0 spiro atoms. The van der Waals surface area contributed by atoms with E-state index in [2.05, 4.69) is 5.32 Å². The van der Waals surface area contributed by atoms with Crippen LogP contribution in [0.3, 0.4) is 0 Å². The highest BCUT2D eigenvalue weighted by Gasteiger charge is 2.29. The van der Waals surface area contributed by atoms with E-state index in [1.54, 1.807) is 0 Å². The number of rotatable bonds is 7. The maximum atomic E-state index is 13.5. The minimum absolute atomic E-state index is 0.0774. The van der Waals surface area contributed by atoms with Gasteiger partial charge in [-0.25, -0.2) is 0 Å². The fourth-order valence-electron chi connectivity index (χ4n) is 4.70. The minimum atomic E-state index is -0.697. The lowest BCUT2D eigenvalue weighted by Gasteiger charge is -2.24. The van der Waals surface area contributed by atoms with Crippen LogP contribution in [0.1, 0.15) is 63.5 Å². The number of fused-ring (bicyclic) bond motifs is 14. The molecule has 0 aliphatic carbocycles. The van der Waals surface area contributed by atoms with Crippen molar-refractivity contribution in [1.29, 1.82) is 0 Å². The Bertz CT molecular complexity index is 1020. The van der Waals surface area contributed by atoms with E-state index in [0.29, 0.717) is 25.9 Å². The summed E-state index contributed by atoms with van der Waals surface area (Å²) in [6.45, 7) is 4.62. The highest BCUT2D eigenvalue weighted by atomic mass is 16.5. The van der Waals surface area contributed by atoms with Gasteiger partial charge in [-0.15, -0.1) is 0 Å². The molecule has 0 aromatic heterocycles. The molecule has 2 aromatic rings. The summed E-state index contributed by atoms with van der Waals surface area (Å²) in [6.07, 6.45) is 3.31. The summed E-state index contributed by atoms with van der Waals surface area (Å²) in [6, 6.07) is 16.3. The van der Waals surface area contributed by atoms with Crippen molar-refractivity contribution in [1.82, 2.24) is 5.32 Å². The number of carbonyl (C=O) groups is 3. The van der Waals surface area contributed by atoms with Gasteiger partial charge in [0.05, 0.1) is 25.0 Å². The first-order valence-electron chi connectivity index (χ1n) is 13.7. The molecule has 2 aromatic carbocycles. The molecule has 3 atom stereocenters. The van der Waals surface area contributed by atoms with E-state index in [4.69, 9.17) is 9.47 Å². The number of esters is 1. The van der Waals surface area contributed by atoms with Crippen LogP contribution in [0.25, 0.3) is 0 Å². The number of carbonyl (C=O) groups excluding carboxylic acids is 3. The van der Waals surface area contributed by atoms with Gasteiger partial charge in [0.15, 0.2) is 5.78 Å². The number of aliphatic hydroxyl groups is 1. The smallest absolute Gasteiger partial charge is 0.306 e. The van der Waals surface area contributed by atoms with Gasteiger partial charge in [0.2, 0.25) is 5.91 Å². The van der Waals surface area contributed by atoms with Crippen LogP contribution in [0.5, 0.6) is 5.75 Å². The molecular weight excluding hydrogens is 482 g/mol. The quantitative estimate of drug-likeness (QED) is 0.513. The molecule has 7 heteroatoms. The molecule has 0 unspecified atom stereocenters. The molecule has 1 amide bonds. The van der Waals surface area contributed by atoms with Gasteiger partial charge in [0.1, 0.15) is 12.4 Å². The third-order valence-electron chi connectivity index (χ3n) is 6.87. The molecular formula is C31H41NO6. The van der Waals surface area contributed by atoms with Crippen molar-refractivity contribution in [2.24, 2.45) is 17.8 Å². The average Bonchev–Trinajstić information content (AvgIpc) is 2.91. The molecule has 4 rings (SSSR count). The Kier molecular flexibility index (Phi) is 11.8. The van der Waals surface area contributed by atoms with Crippen molar-refractivity contribution in [3.8, 4) is 5.75 Å². The molecule has 2 bridgehead atoms. The summed E-state index contributed by atoms with van der Waals surface area (Å²) in [7, 11) is 0. The summed E-state index contributed by atoms with van der Waals surface area (Å²) in [4.78, 5) is 39.5. The van der Waals surface area contributed by atoms with Gasteiger partial charge < -0.3 is 19.9 Å². The zero-order chi connectivity index (χ0) is 27.3. The predicted molar refractivity (Wildman–Crippen MR) is 145 cm³/mol. The van der Waals surface area contributed by atoms with Crippen molar-refractivity contribution >= 4 is 17.7 Å². The first-order chi connectivity index (χ1) is 18.3. The van der Waals surface area contributed by atoms with Crippen molar-refractivity contribution in [2.45, 2.75) is 71.4 Å². The Labute approximate surface area is 225 Å².